The molecule has 206 valence electrons. The van der Waals surface area contributed by atoms with E-state index in [1.807, 2.05) is 60.7 Å². The molecule has 0 aliphatic rings. The van der Waals surface area contributed by atoms with Crippen molar-refractivity contribution in [2.75, 3.05) is 0 Å². The number of hydrogen-bond donors (Lipinski definition) is 0. The summed E-state index contributed by atoms with van der Waals surface area (Å²) in [6.45, 7) is 8.71. The van der Waals surface area contributed by atoms with E-state index in [2.05, 4.69) is 85.4 Å². The second-order valence-electron chi connectivity index (χ2n) is 11.7. The quantitative estimate of drug-likeness (QED) is 0.206. The Balaban J connectivity index is 1.65. The maximum Gasteiger partial charge on any atom is 0.197 e. The Morgan fingerprint density at radius 3 is 1.14 bits per heavy atom. The normalized spacial score (nSPS) is 12.0. The van der Waals surface area contributed by atoms with Crippen molar-refractivity contribution in [3.63, 3.8) is 0 Å². The number of nitrogens with zero attached hydrogens (tertiary/aromatic N) is 2. The van der Waals surface area contributed by atoms with Crippen LogP contribution in [0.1, 0.15) is 50.7 Å². The third-order valence-electron chi connectivity index (χ3n) is 8.50. The van der Waals surface area contributed by atoms with E-state index in [0.717, 1.165) is 33.4 Å². The maximum atomic E-state index is 14.1. The third kappa shape index (κ3) is 3.98. The van der Waals surface area contributed by atoms with Crippen molar-refractivity contribution in [1.29, 1.82) is 0 Å². The SMILES string of the molecule is CC(C)c1ccc(-n2c3ccccc3c(=O)c3cc4c(cc32)c(=O)c2ccccc2n4-c2ccc(C(C)C)cc2)cc1. The Labute approximate surface area is 244 Å². The van der Waals surface area contributed by atoms with Crippen molar-refractivity contribution in [3.8, 4) is 11.4 Å². The lowest BCUT2D eigenvalue weighted by atomic mass is 10.0. The van der Waals surface area contributed by atoms with Gasteiger partial charge in [-0.15, -0.1) is 0 Å². The Hall–Kier alpha value is -4.96. The summed E-state index contributed by atoms with van der Waals surface area (Å²) >= 11 is 0. The van der Waals surface area contributed by atoms with Crippen LogP contribution in [-0.4, -0.2) is 9.13 Å². The molecule has 42 heavy (non-hydrogen) atoms. The molecule has 2 heterocycles. The van der Waals surface area contributed by atoms with Gasteiger partial charge in [0.05, 0.1) is 22.1 Å². The number of aromatic nitrogens is 2. The zero-order valence-electron chi connectivity index (χ0n) is 24.3. The topological polar surface area (TPSA) is 44.0 Å². The highest BCUT2D eigenvalue weighted by Gasteiger charge is 2.18. The van der Waals surface area contributed by atoms with Gasteiger partial charge in [-0.1, -0.05) is 76.2 Å². The number of rotatable bonds is 4. The zero-order chi connectivity index (χ0) is 29.1. The predicted molar refractivity (Wildman–Crippen MR) is 176 cm³/mol. The van der Waals surface area contributed by atoms with Crippen LogP contribution in [-0.2, 0) is 0 Å². The minimum absolute atomic E-state index is 0.0418. The lowest BCUT2D eigenvalue weighted by Crippen LogP contribution is -2.14. The summed E-state index contributed by atoms with van der Waals surface area (Å²) in [6, 6.07) is 36.3. The van der Waals surface area contributed by atoms with Gasteiger partial charge in [0.1, 0.15) is 0 Å². The van der Waals surface area contributed by atoms with Crippen LogP contribution in [0.15, 0.2) is 119 Å². The second-order valence-corrected chi connectivity index (χ2v) is 11.7. The number of benzene rings is 5. The Kier molecular flexibility index (Phi) is 6.09. The molecule has 0 unspecified atom stereocenters. The number of pyridine rings is 2. The summed E-state index contributed by atoms with van der Waals surface area (Å²) in [4.78, 5) is 28.1. The van der Waals surface area contributed by atoms with Gasteiger partial charge in [-0.3, -0.25) is 9.59 Å². The fourth-order valence-corrected chi connectivity index (χ4v) is 6.15. The molecule has 0 spiro atoms. The second kappa shape index (κ2) is 9.85. The van der Waals surface area contributed by atoms with Crippen LogP contribution in [0, 0.1) is 0 Å². The zero-order valence-corrected chi connectivity index (χ0v) is 24.3. The van der Waals surface area contributed by atoms with Crippen LogP contribution in [0.3, 0.4) is 0 Å². The van der Waals surface area contributed by atoms with Gasteiger partial charge in [0.15, 0.2) is 10.9 Å². The van der Waals surface area contributed by atoms with E-state index in [1.165, 1.54) is 11.1 Å². The van der Waals surface area contributed by atoms with E-state index >= 15 is 0 Å². The van der Waals surface area contributed by atoms with E-state index in [0.29, 0.717) is 33.4 Å². The highest BCUT2D eigenvalue weighted by atomic mass is 16.1. The molecule has 0 saturated carbocycles. The van der Waals surface area contributed by atoms with Gasteiger partial charge in [-0.2, -0.15) is 0 Å². The van der Waals surface area contributed by atoms with Crippen LogP contribution in [0.4, 0.5) is 0 Å². The number of para-hydroxylation sites is 2. The minimum Gasteiger partial charge on any atom is -0.309 e. The first-order valence-electron chi connectivity index (χ1n) is 14.6. The summed E-state index contributed by atoms with van der Waals surface area (Å²) in [7, 11) is 0. The van der Waals surface area contributed by atoms with Gasteiger partial charge in [0.2, 0.25) is 0 Å². The van der Waals surface area contributed by atoms with Gasteiger partial charge < -0.3 is 9.13 Å². The first-order valence-corrected chi connectivity index (χ1v) is 14.6. The van der Waals surface area contributed by atoms with Crippen molar-refractivity contribution in [1.82, 2.24) is 9.13 Å². The van der Waals surface area contributed by atoms with Crippen molar-refractivity contribution in [2.45, 2.75) is 39.5 Å². The lowest BCUT2D eigenvalue weighted by Gasteiger charge is -2.20. The monoisotopic (exact) mass is 548 g/mol. The Bertz CT molecular complexity index is 2110. The molecule has 7 rings (SSSR count). The molecule has 0 radical (unpaired) electrons. The molecule has 0 aliphatic carbocycles. The first kappa shape index (κ1) is 26.0. The van der Waals surface area contributed by atoms with Crippen molar-refractivity contribution in [3.05, 3.63) is 141 Å². The molecule has 7 aromatic rings. The average molecular weight is 549 g/mol. The number of fused-ring (bicyclic) bond motifs is 4. The van der Waals surface area contributed by atoms with Crippen LogP contribution < -0.4 is 10.9 Å². The molecule has 4 nitrogen and oxygen atoms in total. The lowest BCUT2D eigenvalue weighted by molar-refractivity contribution is 0.865. The molecule has 0 fully saturated rings. The summed E-state index contributed by atoms with van der Waals surface area (Å²) in [5.41, 5.74) is 7.38. The number of hydrogen-bond acceptors (Lipinski definition) is 2. The van der Waals surface area contributed by atoms with Crippen LogP contribution in [0.2, 0.25) is 0 Å². The van der Waals surface area contributed by atoms with Gasteiger partial charge in [-0.05, 0) is 83.6 Å². The van der Waals surface area contributed by atoms with Crippen molar-refractivity contribution >= 4 is 43.6 Å². The van der Waals surface area contributed by atoms with Gasteiger partial charge in [0, 0.05) is 32.9 Å². The molecule has 0 aliphatic heterocycles. The molecule has 0 N–H and O–H groups in total. The van der Waals surface area contributed by atoms with Gasteiger partial charge in [0.25, 0.3) is 0 Å². The largest absolute Gasteiger partial charge is 0.309 e. The third-order valence-corrected chi connectivity index (χ3v) is 8.50. The maximum absolute atomic E-state index is 14.1. The van der Waals surface area contributed by atoms with Crippen molar-refractivity contribution < 1.29 is 0 Å². The van der Waals surface area contributed by atoms with Crippen LogP contribution in [0.25, 0.3) is 55.0 Å². The van der Waals surface area contributed by atoms with E-state index in [9.17, 15) is 9.59 Å². The fourth-order valence-electron chi connectivity index (χ4n) is 6.15. The average Bonchev–Trinajstić information content (AvgIpc) is 3.01. The highest BCUT2D eigenvalue weighted by molar-refractivity contribution is 6.05. The molecule has 0 atom stereocenters. The van der Waals surface area contributed by atoms with E-state index < -0.39 is 0 Å². The summed E-state index contributed by atoms with van der Waals surface area (Å²) in [5, 5.41) is 2.45. The standard InChI is InChI=1S/C38H32N2O2/c1-23(2)25-13-17-27(18-14-25)39-33-11-7-5-9-29(33)37(41)31-22-36-32(21-35(31)39)38(42)30-10-6-8-12-34(30)40(36)28-19-15-26(16-20-28)24(3)4/h5-24H,1-4H3. The molecule has 2 aromatic heterocycles. The van der Waals surface area contributed by atoms with Crippen LogP contribution >= 0.6 is 0 Å². The van der Waals surface area contributed by atoms with Crippen LogP contribution in [0.5, 0.6) is 0 Å². The summed E-state index contributed by atoms with van der Waals surface area (Å²) in [5.74, 6) is 0.818. The molecule has 0 bridgehead atoms. The first-order chi connectivity index (χ1) is 20.3. The molecule has 4 heteroatoms. The molecular weight excluding hydrogens is 516 g/mol. The van der Waals surface area contributed by atoms with Gasteiger partial charge in [-0.25, -0.2) is 0 Å². The van der Waals surface area contributed by atoms with E-state index in [4.69, 9.17) is 0 Å². The minimum atomic E-state index is -0.0418. The fraction of sp³-hybridized carbons (Fsp3) is 0.158. The smallest absolute Gasteiger partial charge is 0.197 e. The Morgan fingerprint density at radius 1 is 0.429 bits per heavy atom. The predicted octanol–water partition coefficient (Wildman–Crippen LogP) is 8.85. The highest BCUT2D eigenvalue weighted by Crippen LogP contribution is 2.31. The molecular formula is C38H32N2O2. The van der Waals surface area contributed by atoms with Crippen molar-refractivity contribution in [2.24, 2.45) is 0 Å². The molecule has 0 amide bonds. The van der Waals surface area contributed by atoms with E-state index in [-0.39, 0.29) is 10.9 Å². The van der Waals surface area contributed by atoms with E-state index in [1.54, 1.807) is 0 Å². The molecule has 5 aromatic carbocycles. The molecule has 0 saturated heterocycles. The van der Waals surface area contributed by atoms with Gasteiger partial charge >= 0.3 is 0 Å². The summed E-state index contributed by atoms with van der Waals surface area (Å²) in [6.07, 6.45) is 0. The Morgan fingerprint density at radius 2 is 0.786 bits per heavy atom. The summed E-state index contributed by atoms with van der Waals surface area (Å²) < 4.78 is 4.23.